The molecule has 1 amide bonds. The number of nitrogens with one attached hydrogen (secondary N) is 2. The van der Waals surface area contributed by atoms with Gasteiger partial charge in [-0.15, -0.1) is 0 Å². The maximum absolute atomic E-state index is 12.4. The molecule has 26 heavy (non-hydrogen) atoms. The van der Waals surface area contributed by atoms with Crippen LogP contribution in [-0.2, 0) is 0 Å². The number of benzene rings is 1. The highest BCUT2D eigenvalue weighted by molar-refractivity contribution is 6.02. The van der Waals surface area contributed by atoms with E-state index in [0.29, 0.717) is 23.2 Å². The fraction of sp³-hybridized carbons (Fsp3) is 0.421. The number of fused-ring (bicyclic) bond motifs is 1. The molecule has 1 aromatic heterocycles. The Balaban J connectivity index is 1.37. The van der Waals surface area contributed by atoms with Crippen LogP contribution in [0.2, 0.25) is 0 Å². The van der Waals surface area contributed by atoms with Crippen LogP contribution in [0.4, 0.5) is 11.5 Å². The van der Waals surface area contributed by atoms with Crippen molar-refractivity contribution in [2.24, 2.45) is 0 Å². The Bertz CT molecular complexity index is 771. The van der Waals surface area contributed by atoms with Crippen LogP contribution < -0.4 is 20.1 Å². The van der Waals surface area contributed by atoms with E-state index >= 15 is 0 Å². The Morgan fingerprint density at radius 3 is 2.58 bits per heavy atom. The van der Waals surface area contributed by atoms with Gasteiger partial charge in [0, 0.05) is 17.8 Å². The minimum Gasteiger partial charge on any atom is -0.454 e. The second kappa shape index (κ2) is 7.59. The average molecular weight is 354 g/mol. The van der Waals surface area contributed by atoms with Gasteiger partial charge in [-0.1, -0.05) is 25.7 Å². The second-order valence-electron chi connectivity index (χ2n) is 6.64. The number of ether oxygens (including phenoxy) is 2. The van der Waals surface area contributed by atoms with Crippen molar-refractivity contribution in [1.82, 2.24) is 9.97 Å². The monoisotopic (exact) mass is 354 g/mol. The molecule has 7 nitrogen and oxygen atoms in total. The van der Waals surface area contributed by atoms with Crippen molar-refractivity contribution >= 4 is 17.4 Å². The second-order valence-corrected chi connectivity index (χ2v) is 6.64. The molecular formula is C19H22N4O3. The number of amides is 1. The number of carbonyl (C=O) groups excluding carboxylic acids is 1. The number of hydrogen-bond acceptors (Lipinski definition) is 6. The Morgan fingerprint density at radius 2 is 1.81 bits per heavy atom. The highest BCUT2D eigenvalue weighted by Gasteiger charge is 2.16. The summed E-state index contributed by atoms with van der Waals surface area (Å²) in [7, 11) is 0. The lowest BCUT2D eigenvalue weighted by atomic mass is 10.1. The maximum Gasteiger partial charge on any atom is 0.275 e. The smallest absolute Gasteiger partial charge is 0.275 e. The van der Waals surface area contributed by atoms with E-state index in [1.165, 1.54) is 31.9 Å². The summed E-state index contributed by atoms with van der Waals surface area (Å²) in [6.07, 6.45) is 10.6. The molecule has 2 aromatic rings. The van der Waals surface area contributed by atoms with E-state index in [-0.39, 0.29) is 18.4 Å². The molecule has 0 bridgehead atoms. The molecular weight excluding hydrogens is 332 g/mol. The van der Waals surface area contributed by atoms with E-state index in [1.807, 2.05) is 0 Å². The van der Waals surface area contributed by atoms with E-state index in [9.17, 15) is 4.79 Å². The van der Waals surface area contributed by atoms with Crippen molar-refractivity contribution in [2.75, 3.05) is 17.4 Å². The molecule has 2 aliphatic rings. The molecule has 0 unspecified atom stereocenters. The number of carbonyl (C=O) groups is 1. The molecule has 1 aliphatic heterocycles. The lowest BCUT2D eigenvalue weighted by Gasteiger charge is -2.16. The van der Waals surface area contributed by atoms with Crippen LogP contribution in [0.3, 0.4) is 0 Å². The van der Waals surface area contributed by atoms with Crippen LogP contribution in [-0.4, -0.2) is 28.7 Å². The first-order chi connectivity index (χ1) is 12.8. The van der Waals surface area contributed by atoms with Gasteiger partial charge in [-0.05, 0) is 25.0 Å². The number of hydrogen-bond donors (Lipinski definition) is 2. The largest absolute Gasteiger partial charge is 0.454 e. The number of anilines is 2. The van der Waals surface area contributed by atoms with Gasteiger partial charge in [0.1, 0.15) is 11.5 Å². The summed E-state index contributed by atoms with van der Waals surface area (Å²) in [5.41, 5.74) is 0.899. The van der Waals surface area contributed by atoms with Crippen molar-refractivity contribution in [2.45, 2.75) is 44.6 Å². The van der Waals surface area contributed by atoms with Crippen LogP contribution in [0.25, 0.3) is 0 Å². The SMILES string of the molecule is O=C(Nc1ccc2c(c1)OCO2)c1cnc(NC2CCCCCC2)cn1. The first-order valence-corrected chi connectivity index (χ1v) is 9.07. The third kappa shape index (κ3) is 3.87. The normalized spacial score (nSPS) is 16.8. The predicted octanol–water partition coefficient (Wildman–Crippen LogP) is 3.59. The van der Waals surface area contributed by atoms with Crippen molar-refractivity contribution in [3.05, 3.63) is 36.3 Å². The first kappa shape index (κ1) is 16.6. The molecule has 2 heterocycles. The summed E-state index contributed by atoms with van der Waals surface area (Å²) in [6.45, 7) is 0.202. The van der Waals surface area contributed by atoms with Gasteiger partial charge in [0.25, 0.3) is 5.91 Å². The molecule has 0 spiro atoms. The van der Waals surface area contributed by atoms with Crippen LogP contribution >= 0.6 is 0 Å². The molecule has 1 aromatic carbocycles. The number of nitrogens with zero attached hydrogens (tertiary/aromatic N) is 2. The summed E-state index contributed by atoms with van der Waals surface area (Å²) in [6, 6.07) is 5.71. The summed E-state index contributed by atoms with van der Waals surface area (Å²) < 4.78 is 10.6. The standard InChI is InChI=1S/C19H22N4O3/c24-19(23-14-7-8-16-17(9-14)26-12-25-16)15-10-21-18(11-20-15)22-13-5-3-1-2-4-6-13/h7-11,13H,1-6,12H2,(H,21,22)(H,23,24). The molecule has 2 N–H and O–H groups in total. The molecule has 136 valence electrons. The Hall–Kier alpha value is -2.83. The molecule has 4 rings (SSSR count). The van der Waals surface area contributed by atoms with Gasteiger partial charge in [-0.2, -0.15) is 0 Å². The van der Waals surface area contributed by atoms with Gasteiger partial charge in [0.15, 0.2) is 11.5 Å². The lowest BCUT2D eigenvalue weighted by molar-refractivity contribution is 0.102. The number of aromatic nitrogens is 2. The summed E-state index contributed by atoms with van der Waals surface area (Å²) in [5.74, 6) is 1.71. The predicted molar refractivity (Wildman–Crippen MR) is 97.7 cm³/mol. The third-order valence-corrected chi connectivity index (χ3v) is 4.72. The zero-order valence-corrected chi connectivity index (χ0v) is 14.5. The van der Waals surface area contributed by atoms with Gasteiger partial charge in [0.05, 0.1) is 12.4 Å². The van der Waals surface area contributed by atoms with E-state index in [4.69, 9.17) is 9.47 Å². The summed E-state index contributed by atoms with van der Waals surface area (Å²) in [4.78, 5) is 20.9. The minimum atomic E-state index is -0.308. The van der Waals surface area contributed by atoms with E-state index in [0.717, 1.165) is 18.7 Å². The van der Waals surface area contributed by atoms with Crippen LogP contribution in [0.15, 0.2) is 30.6 Å². The highest BCUT2D eigenvalue weighted by atomic mass is 16.7. The van der Waals surface area contributed by atoms with Crippen LogP contribution in [0, 0.1) is 0 Å². The quantitative estimate of drug-likeness (QED) is 0.816. The summed E-state index contributed by atoms with van der Waals surface area (Å²) in [5, 5.41) is 6.23. The molecule has 1 aliphatic carbocycles. The van der Waals surface area contributed by atoms with Crippen molar-refractivity contribution < 1.29 is 14.3 Å². The zero-order valence-electron chi connectivity index (χ0n) is 14.5. The lowest BCUT2D eigenvalue weighted by Crippen LogP contribution is -2.20. The fourth-order valence-electron chi connectivity index (χ4n) is 3.32. The van der Waals surface area contributed by atoms with E-state index in [1.54, 1.807) is 24.4 Å². The van der Waals surface area contributed by atoms with Crippen LogP contribution in [0.1, 0.15) is 49.0 Å². The summed E-state index contributed by atoms with van der Waals surface area (Å²) >= 11 is 0. The Labute approximate surface area is 152 Å². The zero-order chi connectivity index (χ0) is 17.8. The third-order valence-electron chi connectivity index (χ3n) is 4.72. The first-order valence-electron chi connectivity index (χ1n) is 9.07. The maximum atomic E-state index is 12.4. The van der Waals surface area contributed by atoms with Crippen molar-refractivity contribution in [3.63, 3.8) is 0 Å². The van der Waals surface area contributed by atoms with Gasteiger partial charge < -0.3 is 20.1 Å². The van der Waals surface area contributed by atoms with E-state index < -0.39 is 0 Å². The minimum absolute atomic E-state index is 0.202. The van der Waals surface area contributed by atoms with Crippen molar-refractivity contribution in [1.29, 1.82) is 0 Å². The number of rotatable bonds is 4. The molecule has 1 saturated carbocycles. The average Bonchev–Trinajstić information content (AvgIpc) is 2.97. The Morgan fingerprint density at radius 1 is 1.00 bits per heavy atom. The van der Waals surface area contributed by atoms with Gasteiger partial charge >= 0.3 is 0 Å². The van der Waals surface area contributed by atoms with Crippen molar-refractivity contribution in [3.8, 4) is 11.5 Å². The molecule has 0 atom stereocenters. The Kier molecular flexibility index (Phi) is 4.86. The van der Waals surface area contributed by atoms with Crippen LogP contribution in [0.5, 0.6) is 11.5 Å². The van der Waals surface area contributed by atoms with Gasteiger partial charge in [-0.25, -0.2) is 9.97 Å². The van der Waals surface area contributed by atoms with Gasteiger partial charge in [-0.3, -0.25) is 4.79 Å². The topological polar surface area (TPSA) is 85.4 Å². The highest BCUT2D eigenvalue weighted by Crippen LogP contribution is 2.34. The molecule has 0 saturated heterocycles. The molecule has 0 radical (unpaired) electrons. The van der Waals surface area contributed by atoms with E-state index in [2.05, 4.69) is 20.6 Å². The molecule has 7 heteroatoms. The van der Waals surface area contributed by atoms with Gasteiger partial charge in [0.2, 0.25) is 6.79 Å². The fourth-order valence-corrected chi connectivity index (χ4v) is 3.32. The molecule has 1 fully saturated rings.